The number of rotatable bonds is 4. The summed E-state index contributed by atoms with van der Waals surface area (Å²) in [5.74, 6) is -0.392. The molecule has 0 spiro atoms. The summed E-state index contributed by atoms with van der Waals surface area (Å²) in [6, 6.07) is 13.3. The average molecular weight is 368 g/mol. The van der Waals surface area contributed by atoms with E-state index < -0.39 is 11.5 Å². The van der Waals surface area contributed by atoms with Crippen LogP contribution in [0.15, 0.2) is 59.5 Å². The van der Waals surface area contributed by atoms with E-state index in [0.29, 0.717) is 27.7 Å². The molecule has 2 N–H and O–H groups in total. The number of hydrogen-bond donors (Lipinski definition) is 2. The van der Waals surface area contributed by atoms with Crippen molar-refractivity contribution in [3.8, 4) is 11.4 Å². The van der Waals surface area contributed by atoms with Gasteiger partial charge in [0.1, 0.15) is 11.4 Å². The fourth-order valence-electron chi connectivity index (χ4n) is 2.33. The Morgan fingerprint density at radius 2 is 1.85 bits per heavy atom. The van der Waals surface area contributed by atoms with Crippen molar-refractivity contribution in [2.45, 2.75) is 6.92 Å². The van der Waals surface area contributed by atoms with Gasteiger partial charge < -0.3 is 10.3 Å². The van der Waals surface area contributed by atoms with E-state index >= 15 is 0 Å². The Bertz CT molecular complexity index is 1040. The first-order valence-electron chi connectivity index (χ1n) is 7.71. The standard InChI is InChI=1S/C19H14ClN3O3/c1-11(24)13-3-2-4-15(9-13)22-18(25)16-10-21-17(23-19(16)26)12-5-7-14(20)8-6-12/h2-10H,1H3,(H,22,25)(H,21,23,26). The van der Waals surface area contributed by atoms with Crippen LogP contribution in [0.25, 0.3) is 11.4 Å². The molecule has 0 radical (unpaired) electrons. The van der Waals surface area contributed by atoms with Crippen LogP contribution in [0.1, 0.15) is 27.6 Å². The van der Waals surface area contributed by atoms with E-state index in [9.17, 15) is 14.4 Å². The topological polar surface area (TPSA) is 91.9 Å². The zero-order valence-corrected chi connectivity index (χ0v) is 14.5. The molecular weight excluding hydrogens is 354 g/mol. The average Bonchev–Trinajstić information content (AvgIpc) is 2.62. The van der Waals surface area contributed by atoms with Crippen LogP contribution in [0, 0.1) is 0 Å². The van der Waals surface area contributed by atoms with E-state index in [1.54, 1.807) is 48.5 Å². The van der Waals surface area contributed by atoms with Gasteiger partial charge in [0, 0.05) is 28.0 Å². The highest BCUT2D eigenvalue weighted by Gasteiger charge is 2.13. The predicted octanol–water partition coefficient (Wildman–Crippen LogP) is 3.55. The lowest BCUT2D eigenvalue weighted by Crippen LogP contribution is -2.24. The van der Waals surface area contributed by atoms with E-state index in [1.807, 2.05) is 0 Å². The zero-order valence-electron chi connectivity index (χ0n) is 13.7. The predicted molar refractivity (Wildman–Crippen MR) is 99.7 cm³/mol. The number of benzene rings is 2. The minimum Gasteiger partial charge on any atom is -0.322 e. The first-order chi connectivity index (χ1) is 12.4. The van der Waals surface area contributed by atoms with Crippen LogP contribution in [-0.2, 0) is 0 Å². The molecule has 0 saturated carbocycles. The van der Waals surface area contributed by atoms with Crippen LogP contribution in [0.3, 0.4) is 0 Å². The van der Waals surface area contributed by atoms with Crippen molar-refractivity contribution in [2.75, 3.05) is 5.32 Å². The number of H-pyrrole nitrogens is 1. The second kappa shape index (κ2) is 7.33. The van der Waals surface area contributed by atoms with Gasteiger partial charge in [0.2, 0.25) is 0 Å². The molecule has 3 aromatic rings. The summed E-state index contributed by atoms with van der Waals surface area (Å²) in [6.07, 6.45) is 1.22. The van der Waals surface area contributed by atoms with Crippen LogP contribution in [-0.4, -0.2) is 21.7 Å². The second-order valence-corrected chi connectivity index (χ2v) is 6.01. The molecule has 0 aliphatic heterocycles. The van der Waals surface area contributed by atoms with Crippen LogP contribution in [0.2, 0.25) is 5.02 Å². The van der Waals surface area contributed by atoms with Gasteiger partial charge in [-0.1, -0.05) is 23.7 Å². The zero-order chi connectivity index (χ0) is 18.7. The van der Waals surface area contributed by atoms with Crippen LogP contribution >= 0.6 is 11.6 Å². The Morgan fingerprint density at radius 3 is 2.50 bits per heavy atom. The monoisotopic (exact) mass is 367 g/mol. The van der Waals surface area contributed by atoms with E-state index in [2.05, 4.69) is 15.3 Å². The number of aromatic amines is 1. The third-order valence-corrected chi connectivity index (χ3v) is 3.94. The number of amides is 1. The number of carbonyl (C=O) groups excluding carboxylic acids is 2. The molecule has 7 heteroatoms. The summed E-state index contributed by atoms with van der Waals surface area (Å²) in [5.41, 5.74) is 0.866. The fourth-order valence-corrected chi connectivity index (χ4v) is 2.45. The molecule has 1 heterocycles. The number of ketones is 1. The molecule has 130 valence electrons. The molecule has 26 heavy (non-hydrogen) atoms. The highest BCUT2D eigenvalue weighted by atomic mass is 35.5. The van der Waals surface area contributed by atoms with E-state index in [4.69, 9.17) is 11.6 Å². The molecule has 0 unspecified atom stereocenters. The molecular formula is C19H14ClN3O3. The molecule has 1 aromatic heterocycles. The molecule has 0 bridgehead atoms. The molecule has 0 fully saturated rings. The van der Waals surface area contributed by atoms with Gasteiger partial charge in [-0.3, -0.25) is 14.4 Å². The molecule has 6 nitrogen and oxygen atoms in total. The van der Waals surface area contributed by atoms with Crippen molar-refractivity contribution >= 4 is 29.0 Å². The second-order valence-electron chi connectivity index (χ2n) is 5.57. The van der Waals surface area contributed by atoms with E-state index in [-0.39, 0.29) is 11.3 Å². The third-order valence-electron chi connectivity index (χ3n) is 3.69. The maximum Gasteiger partial charge on any atom is 0.264 e. The molecule has 1 amide bonds. The molecule has 0 aliphatic rings. The fraction of sp³-hybridized carbons (Fsp3) is 0.0526. The Kier molecular flexibility index (Phi) is 4.95. The van der Waals surface area contributed by atoms with Crippen LogP contribution < -0.4 is 10.9 Å². The number of carbonyl (C=O) groups is 2. The van der Waals surface area contributed by atoms with Gasteiger partial charge in [-0.05, 0) is 43.3 Å². The van der Waals surface area contributed by atoms with Crippen LogP contribution in [0.4, 0.5) is 5.69 Å². The van der Waals surface area contributed by atoms with Crippen molar-refractivity contribution in [1.29, 1.82) is 0 Å². The number of nitrogens with zero attached hydrogens (tertiary/aromatic N) is 1. The number of Topliss-reactive ketones (excluding diaryl/α,β-unsaturated/α-hetero) is 1. The van der Waals surface area contributed by atoms with Gasteiger partial charge in [0.25, 0.3) is 11.5 Å². The molecule has 3 rings (SSSR count). The Hall–Kier alpha value is -3.25. The Labute approximate surface area is 153 Å². The highest BCUT2D eigenvalue weighted by molar-refractivity contribution is 6.30. The van der Waals surface area contributed by atoms with Crippen molar-refractivity contribution < 1.29 is 9.59 Å². The van der Waals surface area contributed by atoms with Crippen molar-refractivity contribution in [1.82, 2.24) is 9.97 Å². The largest absolute Gasteiger partial charge is 0.322 e. The summed E-state index contributed by atoms with van der Waals surface area (Å²) in [7, 11) is 0. The first-order valence-corrected chi connectivity index (χ1v) is 8.09. The van der Waals surface area contributed by atoms with Crippen molar-refractivity contribution in [3.05, 3.63) is 81.2 Å². The van der Waals surface area contributed by atoms with Gasteiger partial charge in [-0.15, -0.1) is 0 Å². The minimum absolute atomic E-state index is 0.118. The van der Waals surface area contributed by atoms with E-state index in [0.717, 1.165) is 0 Å². The number of nitrogens with one attached hydrogen (secondary N) is 2. The molecule has 0 aliphatic carbocycles. The minimum atomic E-state index is -0.609. The molecule has 2 aromatic carbocycles. The van der Waals surface area contributed by atoms with Crippen molar-refractivity contribution in [3.63, 3.8) is 0 Å². The van der Waals surface area contributed by atoms with Gasteiger partial charge in [0.15, 0.2) is 5.78 Å². The summed E-state index contributed by atoms with van der Waals surface area (Å²) in [5, 5.41) is 3.16. The van der Waals surface area contributed by atoms with E-state index in [1.165, 1.54) is 13.1 Å². The van der Waals surface area contributed by atoms with Gasteiger partial charge in [-0.25, -0.2) is 4.98 Å². The molecule has 0 saturated heterocycles. The van der Waals surface area contributed by atoms with Gasteiger partial charge in [-0.2, -0.15) is 0 Å². The quantitative estimate of drug-likeness (QED) is 0.690. The summed E-state index contributed by atoms with van der Waals surface area (Å²) < 4.78 is 0. The smallest absolute Gasteiger partial charge is 0.264 e. The maximum atomic E-state index is 12.3. The third kappa shape index (κ3) is 3.87. The normalized spacial score (nSPS) is 10.4. The van der Waals surface area contributed by atoms with Gasteiger partial charge >= 0.3 is 0 Å². The lowest BCUT2D eigenvalue weighted by Gasteiger charge is -2.07. The summed E-state index contributed by atoms with van der Waals surface area (Å²) in [6.45, 7) is 1.44. The van der Waals surface area contributed by atoms with Crippen molar-refractivity contribution in [2.24, 2.45) is 0 Å². The van der Waals surface area contributed by atoms with Crippen LogP contribution in [0.5, 0.6) is 0 Å². The lowest BCUT2D eigenvalue weighted by molar-refractivity contribution is 0.101. The maximum absolute atomic E-state index is 12.3. The Balaban J connectivity index is 1.84. The highest BCUT2D eigenvalue weighted by Crippen LogP contribution is 2.17. The van der Waals surface area contributed by atoms with Gasteiger partial charge in [0.05, 0.1) is 0 Å². The number of aromatic nitrogens is 2. The lowest BCUT2D eigenvalue weighted by atomic mass is 10.1. The summed E-state index contributed by atoms with van der Waals surface area (Å²) in [4.78, 5) is 42.7. The number of halogens is 1. The Morgan fingerprint density at radius 1 is 1.12 bits per heavy atom. The SMILES string of the molecule is CC(=O)c1cccc(NC(=O)c2cnc(-c3ccc(Cl)cc3)[nH]c2=O)c1. The number of hydrogen-bond acceptors (Lipinski definition) is 4. The number of anilines is 1. The summed E-state index contributed by atoms with van der Waals surface area (Å²) >= 11 is 5.84. The molecule has 0 atom stereocenters. The first kappa shape index (κ1) is 17.6.